The fourth-order valence-electron chi connectivity index (χ4n) is 2.74. The van der Waals surface area contributed by atoms with Crippen molar-refractivity contribution in [3.63, 3.8) is 0 Å². The van der Waals surface area contributed by atoms with E-state index in [1.165, 1.54) is 16.7 Å². The second-order valence-corrected chi connectivity index (χ2v) is 6.25. The van der Waals surface area contributed by atoms with Gasteiger partial charge < -0.3 is 24.8 Å². The molecule has 2 aromatic rings. The summed E-state index contributed by atoms with van der Waals surface area (Å²) < 4.78 is 16.1. The van der Waals surface area contributed by atoms with E-state index in [0.717, 1.165) is 37.0 Å². The number of hydrogen-bond acceptors (Lipinski definition) is 4. The molecular formula is C22H32IN3O3. The van der Waals surface area contributed by atoms with Crippen LogP contribution in [0.5, 0.6) is 11.5 Å². The lowest BCUT2D eigenvalue weighted by Crippen LogP contribution is -2.37. The summed E-state index contributed by atoms with van der Waals surface area (Å²) in [6, 6.07) is 14.4. The molecule has 29 heavy (non-hydrogen) atoms. The van der Waals surface area contributed by atoms with Gasteiger partial charge in [-0.2, -0.15) is 0 Å². The predicted molar refractivity (Wildman–Crippen MR) is 129 cm³/mol. The number of nitrogens with one attached hydrogen (secondary N) is 2. The molecule has 0 fully saturated rings. The van der Waals surface area contributed by atoms with Gasteiger partial charge in [0.1, 0.15) is 0 Å². The van der Waals surface area contributed by atoms with E-state index >= 15 is 0 Å². The van der Waals surface area contributed by atoms with Crippen LogP contribution in [0.2, 0.25) is 0 Å². The summed E-state index contributed by atoms with van der Waals surface area (Å²) >= 11 is 0. The second kappa shape index (κ2) is 14.1. The van der Waals surface area contributed by atoms with Crippen molar-refractivity contribution in [2.45, 2.75) is 26.5 Å². The number of hydrogen-bond donors (Lipinski definition) is 2. The lowest BCUT2D eigenvalue weighted by Gasteiger charge is -2.13. The molecule has 0 radical (unpaired) electrons. The van der Waals surface area contributed by atoms with Crippen molar-refractivity contribution < 1.29 is 14.2 Å². The smallest absolute Gasteiger partial charge is 0.191 e. The van der Waals surface area contributed by atoms with Gasteiger partial charge in [0.25, 0.3) is 0 Å². The molecule has 6 nitrogen and oxygen atoms in total. The molecule has 0 bridgehead atoms. The van der Waals surface area contributed by atoms with Gasteiger partial charge in [-0.1, -0.05) is 30.3 Å². The first-order valence-corrected chi connectivity index (χ1v) is 9.51. The minimum absolute atomic E-state index is 0. The monoisotopic (exact) mass is 513 g/mol. The van der Waals surface area contributed by atoms with Crippen LogP contribution in [0.15, 0.2) is 47.5 Å². The molecule has 7 heteroatoms. The van der Waals surface area contributed by atoms with Crippen molar-refractivity contribution in [3.8, 4) is 11.5 Å². The van der Waals surface area contributed by atoms with Crippen LogP contribution in [0.25, 0.3) is 0 Å². The molecule has 0 aliphatic heterocycles. The molecule has 0 aliphatic carbocycles. The number of benzene rings is 2. The summed E-state index contributed by atoms with van der Waals surface area (Å²) in [7, 11) is 5.06. The van der Waals surface area contributed by atoms with Crippen LogP contribution in [0.1, 0.15) is 23.6 Å². The summed E-state index contributed by atoms with van der Waals surface area (Å²) in [6.45, 7) is 4.87. The zero-order valence-electron chi connectivity index (χ0n) is 17.7. The number of guanidine groups is 1. The van der Waals surface area contributed by atoms with Crippen LogP contribution < -0.4 is 20.1 Å². The molecule has 0 atom stereocenters. The number of halogens is 1. The Bertz CT molecular complexity index is 751. The molecule has 0 spiro atoms. The SMILES string of the molecule is CCOCc1ccc(CNC(=NC)NCCc2ccc(OC)c(OC)c2)cc1.I. The van der Waals surface area contributed by atoms with Gasteiger partial charge in [0.05, 0.1) is 20.8 Å². The van der Waals surface area contributed by atoms with Crippen LogP contribution in [-0.2, 0) is 24.3 Å². The molecule has 0 heterocycles. The lowest BCUT2D eigenvalue weighted by molar-refractivity contribution is 0.134. The minimum Gasteiger partial charge on any atom is -0.493 e. The van der Waals surface area contributed by atoms with Crippen molar-refractivity contribution >= 4 is 29.9 Å². The fraction of sp³-hybridized carbons (Fsp3) is 0.409. The van der Waals surface area contributed by atoms with E-state index in [9.17, 15) is 0 Å². The van der Waals surface area contributed by atoms with Gasteiger partial charge in [-0.15, -0.1) is 24.0 Å². The maximum Gasteiger partial charge on any atom is 0.191 e. The molecule has 0 unspecified atom stereocenters. The van der Waals surface area contributed by atoms with Crippen LogP contribution >= 0.6 is 24.0 Å². The highest BCUT2D eigenvalue weighted by Gasteiger charge is 2.05. The number of rotatable bonds is 10. The second-order valence-electron chi connectivity index (χ2n) is 6.25. The molecule has 160 valence electrons. The molecule has 0 saturated carbocycles. The zero-order chi connectivity index (χ0) is 20.2. The van der Waals surface area contributed by atoms with Gasteiger partial charge in [0.2, 0.25) is 0 Å². The van der Waals surface area contributed by atoms with Gasteiger partial charge in [-0.05, 0) is 42.2 Å². The Hall–Kier alpha value is -2.00. The Kier molecular flexibility index (Phi) is 12.1. The first-order chi connectivity index (χ1) is 13.7. The zero-order valence-corrected chi connectivity index (χ0v) is 20.0. The van der Waals surface area contributed by atoms with Crippen molar-refractivity contribution in [1.82, 2.24) is 10.6 Å². The van der Waals surface area contributed by atoms with Crippen LogP contribution in [0.3, 0.4) is 0 Å². The Balaban J connectivity index is 0.00000420. The predicted octanol–water partition coefficient (Wildman–Crippen LogP) is 3.77. The normalized spacial score (nSPS) is 10.8. The van der Waals surface area contributed by atoms with Crippen molar-refractivity contribution in [2.75, 3.05) is 34.4 Å². The molecule has 0 aromatic heterocycles. The van der Waals surface area contributed by atoms with Gasteiger partial charge in [-0.25, -0.2) is 0 Å². The third-order valence-corrected chi connectivity index (χ3v) is 4.33. The minimum atomic E-state index is 0. The maximum atomic E-state index is 5.42. The average molecular weight is 513 g/mol. The summed E-state index contributed by atoms with van der Waals surface area (Å²) in [5.41, 5.74) is 3.55. The summed E-state index contributed by atoms with van der Waals surface area (Å²) in [6.07, 6.45) is 0.854. The molecule has 0 amide bonds. The molecule has 0 aliphatic rings. The number of ether oxygens (including phenoxy) is 3. The quantitative estimate of drug-likeness (QED) is 0.288. The van der Waals surface area contributed by atoms with Gasteiger partial charge in [0.15, 0.2) is 17.5 Å². The molecule has 2 rings (SSSR count). The average Bonchev–Trinajstić information content (AvgIpc) is 2.75. The van der Waals surface area contributed by atoms with E-state index in [1.807, 2.05) is 25.1 Å². The molecule has 2 N–H and O–H groups in total. The Morgan fingerprint density at radius 1 is 0.897 bits per heavy atom. The van der Waals surface area contributed by atoms with E-state index < -0.39 is 0 Å². The highest BCUT2D eigenvalue weighted by atomic mass is 127. The Morgan fingerprint density at radius 3 is 2.17 bits per heavy atom. The standard InChI is InChI=1S/C22H31N3O3.HI/c1-5-28-16-19-8-6-18(7-9-19)15-25-22(23-2)24-13-12-17-10-11-20(26-3)21(14-17)27-4;/h6-11,14H,5,12-13,15-16H2,1-4H3,(H2,23,24,25);1H. The molecule has 0 saturated heterocycles. The van der Waals surface area contributed by atoms with Crippen molar-refractivity contribution in [3.05, 3.63) is 59.2 Å². The highest BCUT2D eigenvalue weighted by Crippen LogP contribution is 2.27. The van der Waals surface area contributed by atoms with Crippen LogP contribution in [0.4, 0.5) is 0 Å². The van der Waals surface area contributed by atoms with Gasteiger partial charge >= 0.3 is 0 Å². The fourth-order valence-corrected chi connectivity index (χ4v) is 2.74. The number of nitrogens with zero attached hydrogens (tertiary/aromatic N) is 1. The third kappa shape index (κ3) is 8.49. The first-order valence-electron chi connectivity index (χ1n) is 9.51. The van der Waals surface area contributed by atoms with Crippen molar-refractivity contribution in [2.24, 2.45) is 4.99 Å². The topological polar surface area (TPSA) is 64.1 Å². The summed E-state index contributed by atoms with van der Waals surface area (Å²) in [5.74, 6) is 2.26. The van der Waals surface area contributed by atoms with E-state index in [-0.39, 0.29) is 24.0 Å². The van der Waals surface area contributed by atoms with E-state index in [4.69, 9.17) is 14.2 Å². The molecule has 2 aromatic carbocycles. The Morgan fingerprint density at radius 2 is 1.55 bits per heavy atom. The van der Waals surface area contributed by atoms with E-state index in [1.54, 1.807) is 21.3 Å². The maximum absolute atomic E-state index is 5.42. The number of aliphatic imine (C=N–C) groups is 1. The first kappa shape index (κ1) is 25.0. The van der Waals surface area contributed by atoms with Crippen LogP contribution in [-0.4, -0.2) is 40.4 Å². The highest BCUT2D eigenvalue weighted by molar-refractivity contribution is 14.0. The largest absolute Gasteiger partial charge is 0.493 e. The lowest BCUT2D eigenvalue weighted by atomic mass is 10.1. The van der Waals surface area contributed by atoms with Crippen LogP contribution in [0, 0.1) is 0 Å². The number of methoxy groups -OCH3 is 2. The molecular weight excluding hydrogens is 481 g/mol. The van der Waals surface area contributed by atoms with E-state index in [2.05, 4.69) is 39.9 Å². The summed E-state index contributed by atoms with van der Waals surface area (Å²) in [4.78, 5) is 4.28. The third-order valence-electron chi connectivity index (χ3n) is 4.33. The van der Waals surface area contributed by atoms with Gasteiger partial charge in [-0.3, -0.25) is 4.99 Å². The van der Waals surface area contributed by atoms with E-state index in [0.29, 0.717) is 13.2 Å². The summed E-state index contributed by atoms with van der Waals surface area (Å²) in [5, 5.41) is 6.68. The Labute approximate surface area is 191 Å². The van der Waals surface area contributed by atoms with Crippen molar-refractivity contribution in [1.29, 1.82) is 0 Å². The van der Waals surface area contributed by atoms with Gasteiger partial charge in [0, 0.05) is 26.7 Å².